The molecule has 0 atom stereocenters. The number of esters is 1. The highest BCUT2D eigenvalue weighted by Gasteiger charge is 2.21. The maximum Gasteiger partial charge on any atom is 0.342 e. The van der Waals surface area contributed by atoms with Crippen molar-refractivity contribution in [2.75, 3.05) is 26.0 Å². The van der Waals surface area contributed by atoms with Crippen LogP contribution < -0.4 is 5.32 Å². The van der Waals surface area contributed by atoms with Crippen molar-refractivity contribution in [3.8, 4) is 0 Å². The Hall–Kier alpha value is -3.94. The predicted octanol–water partition coefficient (Wildman–Crippen LogP) is 3.35. The van der Waals surface area contributed by atoms with Gasteiger partial charge in [-0.05, 0) is 50.6 Å². The molecule has 0 aliphatic rings. The van der Waals surface area contributed by atoms with Crippen molar-refractivity contribution in [1.29, 1.82) is 0 Å². The lowest BCUT2D eigenvalue weighted by atomic mass is 10.1. The molecule has 0 bridgehead atoms. The smallest absolute Gasteiger partial charge is 0.342 e. The summed E-state index contributed by atoms with van der Waals surface area (Å²) in [6, 6.07) is 14.6. The molecule has 0 spiro atoms. The van der Waals surface area contributed by atoms with Gasteiger partial charge in [0.15, 0.2) is 6.61 Å². The zero-order valence-electron chi connectivity index (χ0n) is 19.5. The lowest BCUT2D eigenvalue weighted by Crippen LogP contribution is -2.22. The molecule has 0 unspecified atom stereocenters. The second kappa shape index (κ2) is 10.1. The number of aryl methyl sites for hydroxylation is 2. The fourth-order valence-electron chi connectivity index (χ4n) is 3.37. The maximum absolute atomic E-state index is 12.6. The van der Waals surface area contributed by atoms with Gasteiger partial charge in [-0.1, -0.05) is 29.8 Å². The third-order valence-corrected chi connectivity index (χ3v) is 5.19. The first-order valence-electron chi connectivity index (χ1n) is 10.5. The zero-order chi connectivity index (χ0) is 24.1. The molecule has 0 aliphatic heterocycles. The van der Waals surface area contributed by atoms with E-state index in [0.717, 1.165) is 5.56 Å². The molecule has 3 aromatic rings. The van der Waals surface area contributed by atoms with Crippen molar-refractivity contribution in [2.45, 2.75) is 27.3 Å². The second-order valence-corrected chi connectivity index (χ2v) is 8.09. The van der Waals surface area contributed by atoms with Gasteiger partial charge in [0.05, 0.1) is 17.9 Å². The molecular weight excluding hydrogens is 420 g/mol. The Labute approximate surface area is 193 Å². The van der Waals surface area contributed by atoms with Crippen LogP contribution in [0, 0.1) is 20.8 Å². The molecule has 1 heterocycles. The van der Waals surface area contributed by atoms with Gasteiger partial charge in [0, 0.05) is 25.3 Å². The molecule has 2 aromatic carbocycles. The quantitative estimate of drug-likeness (QED) is 0.560. The summed E-state index contributed by atoms with van der Waals surface area (Å²) >= 11 is 0. The van der Waals surface area contributed by atoms with Crippen molar-refractivity contribution in [3.63, 3.8) is 0 Å². The Balaban J connectivity index is 1.59. The highest BCUT2D eigenvalue weighted by atomic mass is 16.5. The van der Waals surface area contributed by atoms with Crippen molar-refractivity contribution in [1.82, 2.24) is 14.7 Å². The van der Waals surface area contributed by atoms with Crippen LogP contribution in [0.15, 0.2) is 48.5 Å². The Kier molecular flexibility index (Phi) is 7.27. The van der Waals surface area contributed by atoms with E-state index in [9.17, 15) is 14.4 Å². The Bertz CT molecular complexity index is 1160. The number of nitrogens with one attached hydrogen (secondary N) is 1. The monoisotopic (exact) mass is 448 g/mol. The van der Waals surface area contributed by atoms with Crippen molar-refractivity contribution >= 4 is 23.5 Å². The van der Waals surface area contributed by atoms with Gasteiger partial charge in [-0.3, -0.25) is 14.3 Å². The summed E-state index contributed by atoms with van der Waals surface area (Å²) in [5.74, 6) is -1.20. The van der Waals surface area contributed by atoms with Gasteiger partial charge in [0.1, 0.15) is 5.56 Å². The van der Waals surface area contributed by atoms with Crippen LogP contribution in [0.4, 0.5) is 5.69 Å². The molecule has 0 saturated heterocycles. The Morgan fingerprint density at radius 3 is 2.21 bits per heavy atom. The molecule has 0 fully saturated rings. The first-order chi connectivity index (χ1) is 15.7. The number of anilines is 1. The normalized spacial score (nSPS) is 10.6. The third kappa shape index (κ3) is 5.85. The standard InChI is InChI=1S/C25H28N4O4/c1-16-6-8-19(9-7-16)14-29-18(3)23(17(2)27-29)25(32)33-15-22(30)26-21-12-10-20(11-13-21)24(31)28(4)5/h6-13H,14-15H2,1-5H3,(H,26,30). The van der Waals surface area contributed by atoms with Crippen LogP contribution in [0.3, 0.4) is 0 Å². The molecule has 0 radical (unpaired) electrons. The number of amides is 2. The van der Waals surface area contributed by atoms with Gasteiger partial charge < -0.3 is 15.0 Å². The average Bonchev–Trinajstić information content (AvgIpc) is 3.06. The molecular formula is C25H28N4O4. The van der Waals surface area contributed by atoms with E-state index in [1.54, 1.807) is 56.9 Å². The number of ether oxygens (including phenoxy) is 1. The third-order valence-electron chi connectivity index (χ3n) is 5.19. The van der Waals surface area contributed by atoms with Crippen LogP contribution in [0.2, 0.25) is 0 Å². The van der Waals surface area contributed by atoms with E-state index in [0.29, 0.717) is 34.7 Å². The fourth-order valence-corrected chi connectivity index (χ4v) is 3.37. The Morgan fingerprint density at radius 2 is 1.61 bits per heavy atom. The topological polar surface area (TPSA) is 93.5 Å². The molecule has 0 aliphatic carbocycles. The molecule has 1 aromatic heterocycles. The number of carbonyl (C=O) groups excluding carboxylic acids is 3. The van der Waals surface area contributed by atoms with E-state index in [1.165, 1.54) is 10.5 Å². The van der Waals surface area contributed by atoms with E-state index in [2.05, 4.69) is 10.4 Å². The zero-order valence-corrected chi connectivity index (χ0v) is 19.5. The van der Waals surface area contributed by atoms with Gasteiger partial charge in [-0.25, -0.2) is 4.79 Å². The SMILES string of the molecule is Cc1ccc(Cn2nc(C)c(C(=O)OCC(=O)Nc3ccc(C(=O)N(C)C)cc3)c2C)cc1. The summed E-state index contributed by atoms with van der Waals surface area (Å²) in [6.07, 6.45) is 0. The second-order valence-electron chi connectivity index (χ2n) is 8.09. The van der Waals surface area contributed by atoms with Gasteiger partial charge in [0.25, 0.3) is 11.8 Å². The number of rotatable bonds is 7. The molecule has 8 heteroatoms. The first-order valence-corrected chi connectivity index (χ1v) is 10.5. The number of hydrogen-bond acceptors (Lipinski definition) is 5. The molecule has 8 nitrogen and oxygen atoms in total. The summed E-state index contributed by atoms with van der Waals surface area (Å²) in [7, 11) is 3.34. The highest BCUT2D eigenvalue weighted by Crippen LogP contribution is 2.17. The van der Waals surface area contributed by atoms with Crippen LogP contribution in [0.5, 0.6) is 0 Å². The van der Waals surface area contributed by atoms with Gasteiger partial charge in [-0.2, -0.15) is 5.10 Å². The molecule has 3 rings (SSSR count). The van der Waals surface area contributed by atoms with E-state index in [1.807, 2.05) is 31.2 Å². The minimum atomic E-state index is -0.595. The molecule has 1 N–H and O–H groups in total. The summed E-state index contributed by atoms with van der Waals surface area (Å²) in [5, 5.41) is 7.12. The van der Waals surface area contributed by atoms with E-state index < -0.39 is 18.5 Å². The van der Waals surface area contributed by atoms with Crippen molar-refractivity contribution in [3.05, 3.63) is 82.2 Å². The predicted molar refractivity (Wildman–Crippen MR) is 125 cm³/mol. The highest BCUT2D eigenvalue weighted by molar-refractivity contribution is 5.97. The number of benzene rings is 2. The average molecular weight is 449 g/mol. The molecule has 172 valence electrons. The number of carbonyl (C=O) groups is 3. The van der Waals surface area contributed by atoms with Gasteiger partial charge >= 0.3 is 5.97 Å². The minimum absolute atomic E-state index is 0.129. The molecule has 2 amide bonds. The van der Waals surface area contributed by atoms with Crippen LogP contribution in [0.25, 0.3) is 0 Å². The van der Waals surface area contributed by atoms with Crippen molar-refractivity contribution < 1.29 is 19.1 Å². The lowest BCUT2D eigenvalue weighted by Gasteiger charge is -2.11. The lowest BCUT2D eigenvalue weighted by molar-refractivity contribution is -0.119. The summed E-state index contributed by atoms with van der Waals surface area (Å²) in [5.41, 5.74) is 4.85. The first kappa shape index (κ1) is 23.7. The molecule has 0 saturated carbocycles. The van der Waals surface area contributed by atoms with Gasteiger partial charge in [-0.15, -0.1) is 0 Å². The number of aromatic nitrogens is 2. The maximum atomic E-state index is 12.6. The van der Waals surface area contributed by atoms with E-state index in [-0.39, 0.29) is 5.91 Å². The van der Waals surface area contributed by atoms with Crippen molar-refractivity contribution in [2.24, 2.45) is 0 Å². The number of hydrogen-bond donors (Lipinski definition) is 1. The van der Waals surface area contributed by atoms with Gasteiger partial charge in [0.2, 0.25) is 0 Å². The Morgan fingerprint density at radius 1 is 0.970 bits per heavy atom. The summed E-state index contributed by atoms with van der Waals surface area (Å²) in [4.78, 5) is 38.3. The summed E-state index contributed by atoms with van der Waals surface area (Å²) in [6.45, 7) is 5.68. The van der Waals surface area contributed by atoms with Crippen LogP contribution in [0.1, 0.15) is 43.2 Å². The molecule has 33 heavy (non-hydrogen) atoms. The van der Waals surface area contributed by atoms with Crippen LogP contribution >= 0.6 is 0 Å². The summed E-state index contributed by atoms with van der Waals surface area (Å²) < 4.78 is 6.99. The van der Waals surface area contributed by atoms with Crippen LogP contribution in [-0.4, -0.2) is 53.2 Å². The van der Waals surface area contributed by atoms with E-state index >= 15 is 0 Å². The minimum Gasteiger partial charge on any atom is -0.452 e. The fraction of sp³-hybridized carbons (Fsp3) is 0.280. The van der Waals surface area contributed by atoms with E-state index in [4.69, 9.17) is 4.74 Å². The van der Waals surface area contributed by atoms with Crippen LogP contribution in [-0.2, 0) is 16.1 Å². The number of nitrogens with zero attached hydrogens (tertiary/aromatic N) is 3. The largest absolute Gasteiger partial charge is 0.452 e.